The fraction of sp³-hybridized carbons (Fsp3) is 0.440. The first-order valence-electron chi connectivity index (χ1n) is 12.0. The van der Waals surface area contributed by atoms with E-state index in [9.17, 15) is 17.6 Å². The summed E-state index contributed by atoms with van der Waals surface area (Å²) in [5, 5.41) is 0.501. The average molecular weight is 534 g/mol. The molecule has 1 aromatic heterocycles. The quantitative estimate of drug-likeness (QED) is 0.494. The Kier molecular flexibility index (Phi) is 6.99. The summed E-state index contributed by atoms with van der Waals surface area (Å²) in [6.45, 7) is 5.36. The van der Waals surface area contributed by atoms with Gasteiger partial charge < -0.3 is 14.4 Å². The van der Waals surface area contributed by atoms with E-state index in [4.69, 9.17) is 9.47 Å². The number of ether oxygens (including phenoxy) is 2. The molecular formula is C25H28FN3O5S2. The van der Waals surface area contributed by atoms with Crippen LogP contribution in [0.1, 0.15) is 37.0 Å². The van der Waals surface area contributed by atoms with Gasteiger partial charge in [0.25, 0.3) is 11.1 Å². The number of carbonyl (C=O) groups excluding carboxylic acids is 1. The zero-order valence-electron chi connectivity index (χ0n) is 20.1. The lowest BCUT2D eigenvalue weighted by atomic mass is 10.1. The normalized spacial score (nSPS) is 22.1. The predicted molar refractivity (Wildman–Crippen MR) is 134 cm³/mol. The molecule has 0 spiro atoms. The van der Waals surface area contributed by atoms with Gasteiger partial charge in [-0.05, 0) is 56.3 Å². The van der Waals surface area contributed by atoms with Crippen LogP contribution in [0, 0.1) is 5.82 Å². The average Bonchev–Trinajstić information content (AvgIpc) is 3.25. The van der Waals surface area contributed by atoms with Crippen molar-refractivity contribution >= 4 is 37.5 Å². The molecule has 2 aliphatic rings. The number of thiazole rings is 1. The Morgan fingerprint density at radius 3 is 2.42 bits per heavy atom. The minimum atomic E-state index is -3.66. The highest BCUT2D eigenvalue weighted by molar-refractivity contribution is 7.89. The van der Waals surface area contributed by atoms with E-state index < -0.39 is 10.0 Å². The van der Waals surface area contributed by atoms with Crippen molar-refractivity contribution in [3.8, 4) is 5.19 Å². The molecule has 2 saturated heterocycles. The lowest BCUT2D eigenvalue weighted by Crippen LogP contribution is -2.48. The minimum absolute atomic E-state index is 0.0784. The van der Waals surface area contributed by atoms with Gasteiger partial charge in [-0.15, -0.1) is 0 Å². The molecule has 2 fully saturated rings. The molecule has 0 saturated carbocycles. The largest absolute Gasteiger partial charge is 0.467 e. The van der Waals surface area contributed by atoms with Gasteiger partial charge in [-0.2, -0.15) is 4.31 Å². The molecule has 8 nitrogen and oxygen atoms in total. The molecule has 192 valence electrons. The first-order chi connectivity index (χ1) is 17.2. The number of nitrogens with zero attached hydrogens (tertiary/aromatic N) is 3. The fourth-order valence-electron chi connectivity index (χ4n) is 4.68. The smallest absolute Gasteiger partial charge is 0.274 e. The summed E-state index contributed by atoms with van der Waals surface area (Å²) < 4.78 is 53.4. The van der Waals surface area contributed by atoms with Gasteiger partial charge in [0.15, 0.2) is 0 Å². The minimum Gasteiger partial charge on any atom is -0.467 e. The number of hydrogen-bond acceptors (Lipinski definition) is 7. The number of morpholine rings is 1. The maximum atomic E-state index is 13.4. The molecule has 2 aliphatic heterocycles. The Hall–Kier alpha value is -2.60. The fourth-order valence-corrected chi connectivity index (χ4v) is 7.17. The van der Waals surface area contributed by atoms with Crippen LogP contribution >= 0.6 is 11.3 Å². The Morgan fingerprint density at radius 1 is 1.08 bits per heavy atom. The van der Waals surface area contributed by atoms with Crippen molar-refractivity contribution in [3.05, 3.63) is 53.8 Å². The number of piperidine rings is 1. The summed E-state index contributed by atoms with van der Waals surface area (Å²) in [6.07, 6.45) is 0.874. The highest BCUT2D eigenvalue weighted by Crippen LogP contribution is 2.30. The third-order valence-corrected chi connectivity index (χ3v) is 9.21. The molecular weight excluding hydrogens is 505 g/mol. The van der Waals surface area contributed by atoms with Crippen molar-refractivity contribution in [1.82, 2.24) is 14.2 Å². The summed E-state index contributed by atoms with van der Waals surface area (Å²) in [5.41, 5.74) is 1.15. The molecule has 0 N–H and O–H groups in total. The number of benzene rings is 2. The molecule has 2 aromatic carbocycles. The Morgan fingerprint density at radius 2 is 1.75 bits per heavy atom. The maximum Gasteiger partial charge on any atom is 0.274 e. The Balaban J connectivity index is 1.18. The van der Waals surface area contributed by atoms with Crippen molar-refractivity contribution < 1.29 is 27.1 Å². The summed E-state index contributed by atoms with van der Waals surface area (Å²) in [7, 11) is -3.66. The van der Waals surface area contributed by atoms with Gasteiger partial charge in [-0.1, -0.05) is 11.3 Å². The van der Waals surface area contributed by atoms with Crippen LogP contribution in [0.25, 0.3) is 10.2 Å². The van der Waals surface area contributed by atoms with E-state index in [1.165, 1.54) is 39.9 Å². The van der Waals surface area contributed by atoms with Crippen LogP contribution in [-0.4, -0.2) is 73.0 Å². The molecule has 5 rings (SSSR count). The number of amides is 1. The van der Waals surface area contributed by atoms with E-state index in [0.29, 0.717) is 55.3 Å². The van der Waals surface area contributed by atoms with Gasteiger partial charge in [0, 0.05) is 44.6 Å². The first-order valence-corrected chi connectivity index (χ1v) is 14.2. The van der Waals surface area contributed by atoms with E-state index in [1.54, 1.807) is 23.1 Å². The van der Waals surface area contributed by atoms with Gasteiger partial charge in [0.2, 0.25) is 10.0 Å². The van der Waals surface area contributed by atoms with Crippen molar-refractivity contribution in [2.45, 2.75) is 49.9 Å². The monoisotopic (exact) mass is 533 g/mol. The summed E-state index contributed by atoms with van der Waals surface area (Å²) >= 11 is 1.31. The van der Waals surface area contributed by atoms with Crippen LogP contribution in [0.15, 0.2) is 47.4 Å². The van der Waals surface area contributed by atoms with Gasteiger partial charge in [0.05, 0.1) is 27.3 Å². The van der Waals surface area contributed by atoms with E-state index in [-0.39, 0.29) is 34.9 Å². The number of fused-ring (bicyclic) bond motifs is 1. The molecule has 36 heavy (non-hydrogen) atoms. The zero-order valence-corrected chi connectivity index (χ0v) is 21.7. The molecule has 0 bridgehead atoms. The van der Waals surface area contributed by atoms with Gasteiger partial charge in [0.1, 0.15) is 11.9 Å². The molecule has 3 aromatic rings. The number of halogens is 1. The Bertz CT molecular complexity index is 1340. The summed E-state index contributed by atoms with van der Waals surface area (Å²) in [5.74, 6) is -0.443. The maximum absolute atomic E-state index is 13.4. The van der Waals surface area contributed by atoms with Gasteiger partial charge >= 0.3 is 0 Å². The van der Waals surface area contributed by atoms with Gasteiger partial charge in [-0.3, -0.25) is 4.79 Å². The van der Waals surface area contributed by atoms with E-state index >= 15 is 0 Å². The highest BCUT2D eigenvalue weighted by Gasteiger charge is 2.32. The molecule has 0 radical (unpaired) electrons. The summed E-state index contributed by atoms with van der Waals surface area (Å²) in [6, 6.07) is 10.6. The third-order valence-electron chi connectivity index (χ3n) is 6.45. The number of aromatic nitrogens is 1. The number of hydrogen-bond donors (Lipinski definition) is 0. The lowest BCUT2D eigenvalue weighted by molar-refractivity contribution is -0.0440. The third kappa shape index (κ3) is 5.24. The van der Waals surface area contributed by atoms with Crippen LogP contribution in [0.3, 0.4) is 0 Å². The van der Waals surface area contributed by atoms with Crippen molar-refractivity contribution in [2.24, 2.45) is 0 Å². The molecule has 2 atom stereocenters. The molecule has 3 heterocycles. The SMILES string of the molecule is CC1CN(S(=O)(=O)c2ccc(C(=O)N3CCC(Oc4nc5ccc(F)cc5s4)CC3)cc2)CC(C)O1. The standard InChI is InChI=1S/C25H28FN3O5S2/c1-16-14-29(15-17(2)33-16)36(31,32)21-6-3-18(4-7-21)24(30)28-11-9-20(10-12-28)34-25-27-22-8-5-19(26)13-23(22)35-25/h3-8,13,16-17,20H,9-12,14-15H2,1-2H3. The van der Waals surface area contributed by atoms with Crippen LogP contribution in [0.2, 0.25) is 0 Å². The number of carbonyl (C=O) groups is 1. The van der Waals surface area contributed by atoms with Gasteiger partial charge in [-0.25, -0.2) is 17.8 Å². The topological polar surface area (TPSA) is 89.0 Å². The Labute approximate surface area is 213 Å². The van der Waals surface area contributed by atoms with E-state index in [1.807, 2.05) is 13.8 Å². The second-order valence-electron chi connectivity index (χ2n) is 9.30. The number of likely N-dealkylation sites (tertiary alicyclic amines) is 1. The molecule has 0 aliphatic carbocycles. The van der Waals surface area contributed by atoms with E-state index in [2.05, 4.69) is 4.98 Å². The van der Waals surface area contributed by atoms with Crippen LogP contribution in [0.5, 0.6) is 5.19 Å². The van der Waals surface area contributed by atoms with Crippen LogP contribution < -0.4 is 4.74 Å². The molecule has 2 unspecified atom stereocenters. The van der Waals surface area contributed by atoms with Crippen LogP contribution in [-0.2, 0) is 14.8 Å². The predicted octanol–water partition coefficient (Wildman–Crippen LogP) is 3.92. The van der Waals surface area contributed by atoms with Crippen molar-refractivity contribution in [1.29, 1.82) is 0 Å². The highest BCUT2D eigenvalue weighted by atomic mass is 32.2. The number of sulfonamides is 1. The van der Waals surface area contributed by atoms with Crippen molar-refractivity contribution in [3.63, 3.8) is 0 Å². The second-order valence-corrected chi connectivity index (χ2v) is 12.2. The summed E-state index contributed by atoms with van der Waals surface area (Å²) in [4.78, 5) is 19.4. The second kappa shape index (κ2) is 10.0. The number of rotatable bonds is 5. The molecule has 11 heteroatoms. The van der Waals surface area contributed by atoms with Crippen LogP contribution in [0.4, 0.5) is 4.39 Å². The zero-order chi connectivity index (χ0) is 25.4. The lowest BCUT2D eigenvalue weighted by Gasteiger charge is -2.34. The molecule has 1 amide bonds. The first kappa shape index (κ1) is 25.1. The van der Waals surface area contributed by atoms with E-state index in [0.717, 1.165) is 4.70 Å². The van der Waals surface area contributed by atoms with Crippen molar-refractivity contribution in [2.75, 3.05) is 26.2 Å².